The molecule has 0 fully saturated rings. The Bertz CT molecular complexity index is 677. The Balaban J connectivity index is 1.92. The van der Waals surface area contributed by atoms with E-state index in [0.29, 0.717) is 18.0 Å². The van der Waals surface area contributed by atoms with Crippen LogP contribution < -0.4 is 10.6 Å². The molecule has 0 aliphatic carbocycles. The molecule has 23 heavy (non-hydrogen) atoms. The predicted molar refractivity (Wildman–Crippen MR) is 93.5 cm³/mol. The van der Waals surface area contributed by atoms with Gasteiger partial charge in [-0.05, 0) is 29.5 Å². The Hall–Kier alpha value is -2.47. The minimum absolute atomic E-state index is 0.107. The van der Waals surface area contributed by atoms with Crippen LogP contribution in [0.15, 0.2) is 54.6 Å². The fraction of sp³-hybridized carbons (Fsp3) is 0.176. The Labute approximate surface area is 140 Å². The van der Waals surface area contributed by atoms with Gasteiger partial charge in [-0.3, -0.25) is 0 Å². The molecular weight excluding hydrogens is 312 g/mol. The fourth-order valence-electron chi connectivity index (χ4n) is 2.13. The number of rotatable bonds is 6. The van der Waals surface area contributed by atoms with E-state index in [9.17, 15) is 9.59 Å². The van der Waals surface area contributed by atoms with Crippen LogP contribution in [0.25, 0.3) is 0 Å². The maximum absolute atomic E-state index is 12.0. The molecule has 120 valence electrons. The van der Waals surface area contributed by atoms with Crippen LogP contribution in [0.1, 0.15) is 21.8 Å². The summed E-state index contributed by atoms with van der Waals surface area (Å²) in [5.74, 6) is -0.317. The van der Waals surface area contributed by atoms with E-state index in [1.165, 1.54) is 12.1 Å². The van der Waals surface area contributed by atoms with Gasteiger partial charge in [0, 0.05) is 18.2 Å². The summed E-state index contributed by atoms with van der Waals surface area (Å²) in [7, 11) is 0. The largest absolute Gasteiger partial charge is 0.478 e. The highest BCUT2D eigenvalue weighted by Crippen LogP contribution is 2.16. The lowest BCUT2D eigenvalue weighted by molar-refractivity contribution is 0.0697. The number of amides is 2. The van der Waals surface area contributed by atoms with Crippen LogP contribution >= 0.6 is 12.6 Å². The second kappa shape index (κ2) is 8.24. The Morgan fingerprint density at radius 2 is 1.83 bits per heavy atom. The summed E-state index contributed by atoms with van der Waals surface area (Å²) in [6.07, 6.45) is 0. The zero-order valence-electron chi connectivity index (χ0n) is 12.4. The average Bonchev–Trinajstić information content (AvgIpc) is 2.56. The molecule has 0 heterocycles. The molecule has 5 nitrogen and oxygen atoms in total. The number of carbonyl (C=O) groups is 2. The quantitative estimate of drug-likeness (QED) is 0.614. The molecule has 3 N–H and O–H groups in total. The highest BCUT2D eigenvalue weighted by Gasteiger charge is 2.11. The van der Waals surface area contributed by atoms with Crippen LogP contribution in [-0.2, 0) is 0 Å². The summed E-state index contributed by atoms with van der Waals surface area (Å²) < 4.78 is 0. The van der Waals surface area contributed by atoms with E-state index in [2.05, 4.69) is 23.3 Å². The van der Waals surface area contributed by atoms with Crippen molar-refractivity contribution in [3.05, 3.63) is 65.7 Å². The van der Waals surface area contributed by atoms with Gasteiger partial charge in [0.05, 0.1) is 5.56 Å². The van der Waals surface area contributed by atoms with Crippen molar-refractivity contribution in [1.82, 2.24) is 5.32 Å². The van der Waals surface area contributed by atoms with Crippen molar-refractivity contribution in [3.63, 3.8) is 0 Å². The third-order valence-corrected chi connectivity index (χ3v) is 3.81. The van der Waals surface area contributed by atoms with E-state index in [0.717, 1.165) is 5.56 Å². The van der Waals surface area contributed by atoms with Gasteiger partial charge in [-0.1, -0.05) is 36.4 Å². The lowest BCUT2D eigenvalue weighted by atomic mass is 10.0. The smallest absolute Gasteiger partial charge is 0.335 e. The van der Waals surface area contributed by atoms with Gasteiger partial charge >= 0.3 is 12.0 Å². The first kappa shape index (κ1) is 16.9. The van der Waals surface area contributed by atoms with Crippen LogP contribution in [0, 0.1) is 0 Å². The van der Waals surface area contributed by atoms with Gasteiger partial charge in [-0.15, -0.1) is 0 Å². The van der Waals surface area contributed by atoms with Crippen molar-refractivity contribution >= 4 is 30.3 Å². The van der Waals surface area contributed by atoms with Gasteiger partial charge in [0.2, 0.25) is 0 Å². The van der Waals surface area contributed by atoms with E-state index in [-0.39, 0.29) is 17.5 Å². The number of benzene rings is 2. The monoisotopic (exact) mass is 330 g/mol. The molecule has 6 heteroatoms. The van der Waals surface area contributed by atoms with Gasteiger partial charge in [-0.2, -0.15) is 12.6 Å². The number of urea groups is 1. The number of carboxylic acid groups (broad SMARTS) is 1. The normalized spacial score (nSPS) is 11.5. The molecule has 2 amide bonds. The number of hydrogen-bond donors (Lipinski definition) is 4. The first-order chi connectivity index (χ1) is 11.1. The highest BCUT2D eigenvalue weighted by molar-refractivity contribution is 7.80. The lowest BCUT2D eigenvalue weighted by Crippen LogP contribution is -2.33. The minimum atomic E-state index is -1.03. The van der Waals surface area contributed by atoms with Gasteiger partial charge in [0.1, 0.15) is 0 Å². The number of anilines is 1. The maximum atomic E-state index is 12.0. The SMILES string of the molecule is O=C(NCC(CS)c1ccccc1)Nc1cccc(C(=O)O)c1. The van der Waals surface area contributed by atoms with E-state index in [1.807, 2.05) is 30.3 Å². The predicted octanol–water partition coefficient (Wildman–Crippen LogP) is 3.22. The van der Waals surface area contributed by atoms with Gasteiger partial charge < -0.3 is 15.7 Å². The average molecular weight is 330 g/mol. The standard InChI is InChI=1S/C17H18N2O3S/c20-16(21)13-7-4-8-15(9-13)19-17(22)18-10-14(11-23)12-5-2-1-3-6-12/h1-9,14,23H,10-11H2,(H,20,21)(H2,18,19,22). The Kier molecular flexibility index (Phi) is 6.05. The van der Waals surface area contributed by atoms with Crippen LogP contribution in [0.2, 0.25) is 0 Å². The molecule has 0 saturated heterocycles. The zero-order chi connectivity index (χ0) is 16.7. The molecule has 0 aliphatic heterocycles. The zero-order valence-corrected chi connectivity index (χ0v) is 13.3. The first-order valence-corrected chi connectivity index (χ1v) is 7.77. The van der Waals surface area contributed by atoms with Crippen LogP contribution in [0.4, 0.5) is 10.5 Å². The van der Waals surface area contributed by atoms with E-state index in [4.69, 9.17) is 5.11 Å². The molecular formula is C17H18N2O3S. The number of hydrogen-bond acceptors (Lipinski definition) is 3. The molecule has 0 spiro atoms. The molecule has 2 aromatic carbocycles. The van der Waals surface area contributed by atoms with Gasteiger partial charge in [-0.25, -0.2) is 9.59 Å². The third-order valence-electron chi connectivity index (χ3n) is 3.37. The molecule has 0 aliphatic rings. The molecule has 0 bridgehead atoms. The topological polar surface area (TPSA) is 78.4 Å². The summed E-state index contributed by atoms with van der Waals surface area (Å²) in [6.45, 7) is 0.442. The van der Waals surface area contributed by atoms with Crippen molar-refractivity contribution < 1.29 is 14.7 Å². The summed E-state index contributed by atoms with van der Waals surface area (Å²) in [6, 6.07) is 15.6. The number of aromatic carboxylic acids is 1. The third kappa shape index (κ3) is 5.03. The number of carbonyl (C=O) groups excluding carboxylic acids is 1. The van der Waals surface area contributed by atoms with E-state index < -0.39 is 5.97 Å². The van der Waals surface area contributed by atoms with Gasteiger partial charge in [0.25, 0.3) is 0 Å². The number of nitrogens with one attached hydrogen (secondary N) is 2. The second-order valence-corrected chi connectivity index (χ2v) is 5.38. The first-order valence-electron chi connectivity index (χ1n) is 7.14. The van der Waals surface area contributed by atoms with Crippen molar-refractivity contribution in [2.75, 3.05) is 17.6 Å². The van der Waals surface area contributed by atoms with E-state index >= 15 is 0 Å². The molecule has 2 rings (SSSR count). The molecule has 0 saturated carbocycles. The molecule has 1 atom stereocenters. The van der Waals surface area contributed by atoms with Crippen molar-refractivity contribution in [2.24, 2.45) is 0 Å². The van der Waals surface area contributed by atoms with Crippen molar-refractivity contribution in [2.45, 2.75) is 5.92 Å². The maximum Gasteiger partial charge on any atom is 0.335 e. The number of thiol groups is 1. The second-order valence-electron chi connectivity index (χ2n) is 5.01. The van der Waals surface area contributed by atoms with Crippen LogP contribution in [0.3, 0.4) is 0 Å². The fourth-order valence-corrected chi connectivity index (χ4v) is 2.47. The molecule has 1 unspecified atom stereocenters. The van der Waals surface area contributed by atoms with Crippen molar-refractivity contribution in [1.29, 1.82) is 0 Å². The van der Waals surface area contributed by atoms with Gasteiger partial charge in [0.15, 0.2) is 0 Å². The van der Waals surface area contributed by atoms with Crippen LogP contribution in [-0.4, -0.2) is 29.4 Å². The molecule has 0 aromatic heterocycles. The Morgan fingerprint density at radius 1 is 1.09 bits per heavy atom. The summed E-state index contributed by atoms with van der Waals surface area (Å²) in [5, 5.41) is 14.4. The minimum Gasteiger partial charge on any atom is -0.478 e. The summed E-state index contributed by atoms with van der Waals surface area (Å²) in [5.41, 5.74) is 1.67. The Morgan fingerprint density at radius 3 is 2.48 bits per heavy atom. The molecule has 0 radical (unpaired) electrons. The summed E-state index contributed by atoms with van der Waals surface area (Å²) in [4.78, 5) is 22.9. The number of carboxylic acids is 1. The van der Waals surface area contributed by atoms with Crippen LogP contribution in [0.5, 0.6) is 0 Å². The van der Waals surface area contributed by atoms with E-state index in [1.54, 1.807) is 12.1 Å². The highest BCUT2D eigenvalue weighted by atomic mass is 32.1. The summed E-state index contributed by atoms with van der Waals surface area (Å²) >= 11 is 4.33. The van der Waals surface area contributed by atoms with Crippen molar-refractivity contribution in [3.8, 4) is 0 Å². The lowest BCUT2D eigenvalue weighted by Gasteiger charge is -2.16. The molecule has 2 aromatic rings.